The topological polar surface area (TPSA) is 21.3 Å². The number of thioether (sulfide) groups is 1. The summed E-state index contributed by atoms with van der Waals surface area (Å²) in [5.41, 5.74) is 1.50. The van der Waals surface area contributed by atoms with Gasteiger partial charge >= 0.3 is 0 Å². The van der Waals surface area contributed by atoms with Gasteiger partial charge in [0.1, 0.15) is 0 Å². The number of ether oxygens (including phenoxy) is 1. The summed E-state index contributed by atoms with van der Waals surface area (Å²) < 4.78 is 5.40. The first-order valence-corrected chi connectivity index (χ1v) is 7.23. The molecule has 2 atom stereocenters. The first-order chi connectivity index (χ1) is 8.29. The number of hydrogen-bond donors (Lipinski definition) is 1. The fourth-order valence-corrected chi connectivity index (χ4v) is 3.32. The van der Waals surface area contributed by atoms with Crippen LogP contribution in [0.15, 0.2) is 29.2 Å². The molecule has 0 spiro atoms. The van der Waals surface area contributed by atoms with Crippen molar-refractivity contribution in [2.24, 2.45) is 0 Å². The summed E-state index contributed by atoms with van der Waals surface area (Å²) in [7, 11) is 0. The first-order valence-electron chi connectivity index (χ1n) is 6.35. The molecule has 17 heavy (non-hydrogen) atoms. The summed E-state index contributed by atoms with van der Waals surface area (Å²) in [6, 6.07) is 9.17. The Labute approximate surface area is 108 Å². The van der Waals surface area contributed by atoms with E-state index < -0.39 is 0 Å². The monoisotopic (exact) mass is 251 g/mol. The molecular formula is C14H21NOS. The molecule has 1 aliphatic heterocycles. The molecule has 1 aromatic rings. The second kappa shape index (κ2) is 6.43. The van der Waals surface area contributed by atoms with Gasteiger partial charge in [-0.2, -0.15) is 0 Å². The average Bonchev–Trinajstić information content (AvgIpc) is 2.76. The molecule has 1 aromatic carbocycles. The van der Waals surface area contributed by atoms with Gasteiger partial charge in [0.2, 0.25) is 0 Å². The number of fused-ring (bicyclic) bond motifs is 1. The predicted molar refractivity (Wildman–Crippen MR) is 73.7 cm³/mol. The Balaban J connectivity index is 1.73. The minimum atomic E-state index is 0.444. The van der Waals surface area contributed by atoms with Gasteiger partial charge in [0, 0.05) is 29.3 Å². The van der Waals surface area contributed by atoms with Crippen LogP contribution < -0.4 is 5.32 Å². The maximum absolute atomic E-state index is 5.40. The molecule has 0 bridgehead atoms. The Morgan fingerprint density at radius 3 is 3.06 bits per heavy atom. The molecule has 0 aliphatic carbocycles. The van der Waals surface area contributed by atoms with E-state index in [1.54, 1.807) is 0 Å². The van der Waals surface area contributed by atoms with Crippen LogP contribution in [0.4, 0.5) is 0 Å². The Hall–Kier alpha value is -0.510. The molecule has 1 heterocycles. The van der Waals surface area contributed by atoms with Crippen LogP contribution in [0.2, 0.25) is 0 Å². The van der Waals surface area contributed by atoms with Gasteiger partial charge in [-0.15, -0.1) is 11.8 Å². The zero-order valence-corrected chi connectivity index (χ0v) is 11.4. The summed E-state index contributed by atoms with van der Waals surface area (Å²) >= 11 is 2.00. The smallest absolute Gasteiger partial charge is 0.0616 e. The Morgan fingerprint density at radius 2 is 2.29 bits per heavy atom. The molecule has 0 amide bonds. The normalized spacial score (nSPS) is 20.2. The fourth-order valence-electron chi connectivity index (χ4n) is 2.05. The van der Waals surface area contributed by atoms with Crippen molar-refractivity contribution in [1.82, 2.24) is 5.32 Å². The molecule has 0 saturated heterocycles. The van der Waals surface area contributed by atoms with Crippen LogP contribution in [-0.4, -0.2) is 31.1 Å². The Morgan fingerprint density at radius 1 is 1.47 bits per heavy atom. The molecule has 2 nitrogen and oxygen atoms in total. The third-order valence-corrected chi connectivity index (χ3v) is 4.30. The Bertz CT molecular complexity index is 331. The van der Waals surface area contributed by atoms with Crippen LogP contribution in [-0.2, 0) is 11.2 Å². The fraction of sp³-hybridized carbons (Fsp3) is 0.571. The highest BCUT2D eigenvalue weighted by Gasteiger charge is 2.21. The molecule has 0 aromatic heterocycles. The summed E-state index contributed by atoms with van der Waals surface area (Å²) in [5, 5.41) is 4.23. The molecule has 2 rings (SSSR count). The van der Waals surface area contributed by atoms with Crippen molar-refractivity contribution in [3.8, 4) is 0 Å². The van der Waals surface area contributed by atoms with Crippen molar-refractivity contribution in [3.05, 3.63) is 29.8 Å². The lowest BCUT2D eigenvalue weighted by Crippen LogP contribution is -2.35. The van der Waals surface area contributed by atoms with E-state index in [2.05, 4.69) is 36.5 Å². The van der Waals surface area contributed by atoms with Crippen molar-refractivity contribution in [2.45, 2.75) is 36.5 Å². The Kier molecular flexibility index (Phi) is 4.89. The van der Waals surface area contributed by atoms with Gasteiger partial charge in [0.05, 0.1) is 6.61 Å². The second-order valence-electron chi connectivity index (χ2n) is 4.52. The van der Waals surface area contributed by atoms with E-state index in [9.17, 15) is 0 Å². The van der Waals surface area contributed by atoms with Gasteiger partial charge in [0.15, 0.2) is 0 Å². The van der Waals surface area contributed by atoms with Gasteiger partial charge in [-0.25, -0.2) is 0 Å². The van der Waals surface area contributed by atoms with Crippen molar-refractivity contribution in [1.29, 1.82) is 0 Å². The van der Waals surface area contributed by atoms with Crippen LogP contribution in [0, 0.1) is 0 Å². The second-order valence-corrected chi connectivity index (χ2v) is 5.86. The highest BCUT2D eigenvalue weighted by molar-refractivity contribution is 8.00. The zero-order chi connectivity index (χ0) is 12.1. The van der Waals surface area contributed by atoms with Gasteiger partial charge < -0.3 is 10.1 Å². The van der Waals surface area contributed by atoms with E-state index in [1.165, 1.54) is 16.9 Å². The molecule has 0 saturated carbocycles. The van der Waals surface area contributed by atoms with Crippen LogP contribution in [0.1, 0.15) is 19.4 Å². The highest BCUT2D eigenvalue weighted by atomic mass is 32.2. The molecule has 0 radical (unpaired) electrons. The molecular weight excluding hydrogens is 230 g/mol. The SMILES string of the molecule is CCOCC(C)NCC1Cc2ccccc2S1. The summed E-state index contributed by atoms with van der Waals surface area (Å²) in [6.45, 7) is 6.89. The number of hydrogen-bond acceptors (Lipinski definition) is 3. The van der Waals surface area contributed by atoms with Crippen molar-refractivity contribution >= 4 is 11.8 Å². The molecule has 0 fully saturated rings. The lowest BCUT2D eigenvalue weighted by Gasteiger charge is -2.16. The van der Waals surface area contributed by atoms with E-state index in [-0.39, 0.29) is 0 Å². The number of rotatable bonds is 6. The maximum Gasteiger partial charge on any atom is 0.0616 e. The molecule has 3 heteroatoms. The zero-order valence-electron chi connectivity index (χ0n) is 10.6. The standard InChI is InChI=1S/C14H21NOS/c1-3-16-10-11(2)15-9-13-8-12-6-4-5-7-14(12)17-13/h4-7,11,13,15H,3,8-10H2,1-2H3. The minimum absolute atomic E-state index is 0.444. The molecule has 2 unspecified atom stereocenters. The summed E-state index contributed by atoms with van der Waals surface area (Å²) in [6.07, 6.45) is 1.19. The van der Waals surface area contributed by atoms with Crippen LogP contribution in [0.5, 0.6) is 0 Å². The molecule has 1 N–H and O–H groups in total. The van der Waals surface area contributed by atoms with E-state index in [1.807, 2.05) is 18.7 Å². The van der Waals surface area contributed by atoms with Gasteiger partial charge in [-0.05, 0) is 31.9 Å². The van der Waals surface area contributed by atoms with Crippen LogP contribution in [0.25, 0.3) is 0 Å². The largest absolute Gasteiger partial charge is 0.380 e. The first kappa shape index (κ1) is 12.9. The third-order valence-electron chi connectivity index (χ3n) is 2.98. The van der Waals surface area contributed by atoms with Gasteiger partial charge in [-0.1, -0.05) is 18.2 Å². The summed E-state index contributed by atoms with van der Waals surface area (Å²) in [4.78, 5) is 1.46. The van der Waals surface area contributed by atoms with Crippen molar-refractivity contribution < 1.29 is 4.74 Å². The van der Waals surface area contributed by atoms with E-state index in [4.69, 9.17) is 4.74 Å². The third kappa shape index (κ3) is 3.73. The lowest BCUT2D eigenvalue weighted by atomic mass is 10.1. The quantitative estimate of drug-likeness (QED) is 0.840. The summed E-state index contributed by atoms with van der Waals surface area (Å²) in [5.74, 6) is 0. The predicted octanol–water partition coefficient (Wildman–Crippen LogP) is 2.72. The molecule has 94 valence electrons. The minimum Gasteiger partial charge on any atom is -0.380 e. The van der Waals surface area contributed by atoms with E-state index >= 15 is 0 Å². The van der Waals surface area contributed by atoms with Gasteiger partial charge in [-0.3, -0.25) is 0 Å². The highest BCUT2D eigenvalue weighted by Crippen LogP contribution is 2.36. The van der Waals surface area contributed by atoms with Crippen LogP contribution in [0.3, 0.4) is 0 Å². The van der Waals surface area contributed by atoms with Crippen LogP contribution >= 0.6 is 11.8 Å². The maximum atomic E-state index is 5.40. The van der Waals surface area contributed by atoms with Crippen molar-refractivity contribution in [2.75, 3.05) is 19.8 Å². The number of benzene rings is 1. The average molecular weight is 251 g/mol. The van der Waals surface area contributed by atoms with E-state index in [0.29, 0.717) is 11.3 Å². The van der Waals surface area contributed by atoms with Crippen molar-refractivity contribution in [3.63, 3.8) is 0 Å². The number of nitrogens with one attached hydrogen (secondary N) is 1. The van der Waals surface area contributed by atoms with Gasteiger partial charge in [0.25, 0.3) is 0 Å². The molecule has 1 aliphatic rings. The van der Waals surface area contributed by atoms with E-state index in [0.717, 1.165) is 19.8 Å². The lowest BCUT2D eigenvalue weighted by molar-refractivity contribution is 0.127.